The zero-order chi connectivity index (χ0) is 39.7. The number of esters is 1. The van der Waals surface area contributed by atoms with Crippen molar-refractivity contribution in [3.63, 3.8) is 0 Å². The van der Waals surface area contributed by atoms with E-state index in [4.69, 9.17) is 9.47 Å². The number of hydrogen-bond donors (Lipinski definition) is 3. The summed E-state index contributed by atoms with van der Waals surface area (Å²) >= 11 is 0. The lowest BCUT2D eigenvalue weighted by Gasteiger charge is -2.62. The molecule has 4 saturated carbocycles. The zero-order valence-corrected chi connectivity index (χ0v) is 33.8. The van der Waals surface area contributed by atoms with Crippen molar-refractivity contribution in [3.05, 3.63) is 35.5 Å². The molecule has 1 heterocycles. The molecule has 6 rings (SSSR count). The van der Waals surface area contributed by atoms with Gasteiger partial charge in [0.2, 0.25) is 5.91 Å². The molecule has 4 fully saturated rings. The molecule has 306 valence electrons. The molecule has 0 aliphatic heterocycles. The van der Waals surface area contributed by atoms with E-state index in [9.17, 15) is 33.4 Å². The van der Waals surface area contributed by atoms with Gasteiger partial charge < -0.3 is 30.2 Å². The van der Waals surface area contributed by atoms with Crippen LogP contribution in [0.5, 0.6) is 5.88 Å². The topological polar surface area (TPSA) is 192 Å². The Balaban J connectivity index is 0.976. The van der Waals surface area contributed by atoms with Crippen LogP contribution < -0.4 is 15.0 Å². The lowest BCUT2D eigenvalue weighted by Crippen LogP contribution is -2.58. The van der Waals surface area contributed by atoms with Gasteiger partial charge in [0.25, 0.3) is 9.84 Å². The molecule has 2 aromatic rings. The summed E-state index contributed by atoms with van der Waals surface area (Å²) in [6.45, 7) is 10.9. The first-order chi connectivity index (χ1) is 26.1. The van der Waals surface area contributed by atoms with Crippen molar-refractivity contribution in [2.45, 2.75) is 140 Å². The van der Waals surface area contributed by atoms with Crippen molar-refractivity contribution in [1.82, 2.24) is 10.5 Å². The third kappa shape index (κ3) is 8.42. The van der Waals surface area contributed by atoms with Gasteiger partial charge in [-0.15, -0.1) is 0 Å². The number of fused-ring (bicyclic) bond motifs is 5. The van der Waals surface area contributed by atoms with E-state index in [1.165, 1.54) is 24.3 Å². The van der Waals surface area contributed by atoms with Crippen LogP contribution in [0.2, 0.25) is 0 Å². The van der Waals surface area contributed by atoms with Crippen LogP contribution >= 0.6 is 0 Å². The van der Waals surface area contributed by atoms with Gasteiger partial charge in [0.05, 0.1) is 35.5 Å². The third-order valence-corrected chi connectivity index (χ3v) is 15.9. The zero-order valence-electron chi connectivity index (χ0n) is 33.0. The molecule has 55 heavy (non-hydrogen) atoms. The van der Waals surface area contributed by atoms with Crippen LogP contribution in [-0.2, 0) is 24.2 Å². The number of nitrogens with zero attached hydrogens (tertiary/aromatic N) is 2. The van der Waals surface area contributed by atoms with Crippen molar-refractivity contribution < 1.29 is 47.2 Å². The summed E-state index contributed by atoms with van der Waals surface area (Å²) in [5, 5.41) is 39.7. The molecule has 14 heteroatoms. The Hall–Kier alpha value is -3.23. The number of carbonyl (C=O) groups excluding carboxylic acids is 2. The Morgan fingerprint density at radius 2 is 1.73 bits per heavy atom. The molecule has 1 aromatic carbocycles. The minimum absolute atomic E-state index is 0.0595. The van der Waals surface area contributed by atoms with Crippen LogP contribution in [0.3, 0.4) is 0 Å². The summed E-state index contributed by atoms with van der Waals surface area (Å²) in [4.78, 5) is 26.1. The Morgan fingerprint density at radius 3 is 2.45 bits per heavy atom. The van der Waals surface area contributed by atoms with Crippen LogP contribution in [0.25, 0.3) is 0 Å². The molecule has 3 N–H and O–H groups in total. The van der Waals surface area contributed by atoms with Gasteiger partial charge in [0.1, 0.15) is 6.04 Å². The highest BCUT2D eigenvalue weighted by molar-refractivity contribution is 7.91. The molecule has 1 amide bonds. The van der Waals surface area contributed by atoms with Crippen LogP contribution in [0.1, 0.15) is 112 Å². The van der Waals surface area contributed by atoms with E-state index in [-0.39, 0.29) is 64.3 Å². The Morgan fingerprint density at radius 1 is 1.02 bits per heavy atom. The molecule has 4 aliphatic rings. The van der Waals surface area contributed by atoms with Gasteiger partial charge in [-0.25, -0.2) is 13.2 Å². The number of benzene rings is 1. The fourth-order valence-electron chi connectivity index (χ4n) is 11.4. The number of aromatic nitrogens is 2. The third-order valence-electron chi connectivity index (χ3n) is 14.2. The Labute approximate surface area is 325 Å². The predicted octanol–water partition coefficient (Wildman–Crippen LogP) is 5.39. The summed E-state index contributed by atoms with van der Waals surface area (Å²) in [6, 6.07) is 6.57. The molecular formula is C41H61N3O10S. The second kappa shape index (κ2) is 16.7. The monoisotopic (exact) mass is 787 g/mol. The van der Waals surface area contributed by atoms with E-state index >= 15 is 0 Å². The molecule has 13 nitrogen and oxygen atoms in total. The Bertz CT molecular complexity index is 1750. The van der Waals surface area contributed by atoms with Gasteiger partial charge >= 0.3 is 16.9 Å². The molecule has 4 aliphatic carbocycles. The fourth-order valence-corrected chi connectivity index (χ4v) is 12.7. The fraction of sp³-hybridized carbons (Fsp3) is 0.756. The summed E-state index contributed by atoms with van der Waals surface area (Å²) in [6.07, 6.45) is 9.00. The normalized spacial score (nSPS) is 32.8. The number of amides is 1. The quantitative estimate of drug-likeness (QED) is 0.119. The molecule has 1 aromatic heterocycles. The van der Waals surface area contributed by atoms with Crippen molar-refractivity contribution >= 4 is 21.7 Å². The van der Waals surface area contributed by atoms with Crippen molar-refractivity contribution in [3.8, 4) is 5.88 Å². The minimum Gasteiger partial charge on any atom is -0.464 e. The van der Waals surface area contributed by atoms with E-state index in [1.807, 2.05) is 13.8 Å². The largest absolute Gasteiger partial charge is 0.464 e. The standard InChI is InChI=1S/C41H61N3O10S/c1-25(2)22-33(39(48)53-21-9-20-52-37-38(44(49)54-43-37)55(50,51)29-10-7-6-8-11-29)42-35(47)15-12-26(3)30-13-14-31-36-32(17-19-41(30,31)5)40(4)18-16-28(45)23-27(40)24-34(36)46/h6-8,10-11,25-28,30-34,36,45-46H,9,12-24H2,1-5H3,(H,42,47)/t26-,27+,28-,30-,31+,32+,33+,34+,36?,40+,41-/m1/s1. The van der Waals surface area contributed by atoms with E-state index in [1.54, 1.807) is 6.07 Å². The summed E-state index contributed by atoms with van der Waals surface area (Å²) in [7, 11) is -4.26. The Kier molecular flexibility index (Phi) is 12.6. The number of aliphatic hydroxyl groups excluding tert-OH is 2. The first-order valence-electron chi connectivity index (χ1n) is 20.4. The molecule has 0 radical (unpaired) electrons. The molecule has 1 unspecified atom stereocenters. The first kappa shape index (κ1) is 41.4. The number of nitrogens with one attached hydrogen (secondary N) is 1. The lowest BCUT2D eigenvalue weighted by molar-refractivity contribution is -0.832. The maximum Gasteiger partial charge on any atom is 0.414 e. The van der Waals surface area contributed by atoms with Crippen LogP contribution in [-0.4, -0.2) is 67.1 Å². The molecule has 11 atom stereocenters. The highest BCUT2D eigenvalue weighted by atomic mass is 32.2. The van der Waals surface area contributed by atoms with Crippen LogP contribution in [0.15, 0.2) is 44.9 Å². The maximum absolute atomic E-state index is 13.3. The number of ether oxygens (including phenoxy) is 2. The number of sulfone groups is 1. The van der Waals surface area contributed by atoms with Gasteiger partial charge in [0.15, 0.2) is 0 Å². The first-order valence-corrected chi connectivity index (χ1v) is 21.9. The van der Waals surface area contributed by atoms with Gasteiger partial charge in [-0.1, -0.05) is 52.8 Å². The predicted molar refractivity (Wildman–Crippen MR) is 201 cm³/mol. The molecule has 0 saturated heterocycles. The van der Waals surface area contributed by atoms with Crippen molar-refractivity contribution in [2.75, 3.05) is 13.2 Å². The highest BCUT2D eigenvalue weighted by Crippen LogP contribution is 2.68. The molecule has 0 bridgehead atoms. The van der Waals surface area contributed by atoms with Gasteiger partial charge in [0, 0.05) is 12.8 Å². The lowest BCUT2D eigenvalue weighted by atomic mass is 9.43. The van der Waals surface area contributed by atoms with Crippen molar-refractivity contribution in [1.29, 1.82) is 0 Å². The van der Waals surface area contributed by atoms with E-state index in [2.05, 4.69) is 35.9 Å². The van der Waals surface area contributed by atoms with Gasteiger partial charge in [-0.05, 0) is 133 Å². The smallest absolute Gasteiger partial charge is 0.414 e. The van der Waals surface area contributed by atoms with E-state index in [0.29, 0.717) is 54.8 Å². The maximum atomic E-state index is 13.3. The number of carbonyl (C=O) groups is 2. The molecular weight excluding hydrogens is 727 g/mol. The number of rotatable bonds is 15. The van der Waals surface area contributed by atoms with E-state index < -0.39 is 32.8 Å². The highest BCUT2D eigenvalue weighted by Gasteiger charge is 2.62. The SMILES string of the molecule is CC(C)C[C@H](NC(=O)CC[C@@H](C)[C@H]1CC[C@H]2C3[C@@H](O)C[C@@H]4C[C@H](O)CC[C@]4(C)[C@H]3CC[C@]12C)C(=O)OCCCOc1no[n+]([O-])c1S(=O)(=O)c1ccccc1. The summed E-state index contributed by atoms with van der Waals surface area (Å²) in [5.74, 6) is 1.30. The van der Waals surface area contributed by atoms with E-state index in [0.717, 1.165) is 51.4 Å². The van der Waals surface area contributed by atoms with Crippen LogP contribution in [0, 0.1) is 57.5 Å². The molecule has 0 spiro atoms. The average molecular weight is 788 g/mol. The number of hydrogen-bond acceptors (Lipinski definition) is 11. The minimum atomic E-state index is -4.26. The number of aliphatic hydroxyl groups is 2. The summed E-state index contributed by atoms with van der Waals surface area (Å²) < 4.78 is 41.4. The second-order valence-corrected chi connectivity index (χ2v) is 19.8. The van der Waals surface area contributed by atoms with Gasteiger partial charge in [-0.2, -0.15) is 0 Å². The second-order valence-electron chi connectivity index (χ2n) is 17.9. The van der Waals surface area contributed by atoms with Crippen LogP contribution in [0.4, 0.5) is 0 Å². The van der Waals surface area contributed by atoms with Gasteiger partial charge in [-0.3, -0.25) is 9.42 Å². The van der Waals surface area contributed by atoms with Crippen molar-refractivity contribution in [2.24, 2.45) is 52.3 Å². The average Bonchev–Trinajstić information content (AvgIpc) is 3.70. The summed E-state index contributed by atoms with van der Waals surface area (Å²) in [5.41, 5.74) is 0.302.